The number of nitrogens with zero attached hydrogens (tertiary/aromatic N) is 2. The van der Waals surface area contributed by atoms with Crippen LogP contribution in [-0.2, 0) is 16.0 Å². The molecule has 2 heterocycles. The molecule has 0 aliphatic rings. The van der Waals surface area contributed by atoms with Crippen LogP contribution in [0.1, 0.15) is 24.4 Å². The monoisotopic (exact) mass is 373 g/mol. The first-order chi connectivity index (χ1) is 13.6. The molecule has 0 aliphatic heterocycles. The summed E-state index contributed by atoms with van der Waals surface area (Å²) in [6.07, 6.45) is 3.42. The molecule has 4 aromatic rings. The number of aromatic amines is 1. The summed E-state index contributed by atoms with van der Waals surface area (Å²) in [6.45, 7) is 1.69. The van der Waals surface area contributed by atoms with Crippen molar-refractivity contribution in [3.8, 4) is 5.69 Å². The number of para-hydroxylation sites is 1. The number of esters is 1. The fourth-order valence-electron chi connectivity index (χ4n) is 3.05. The van der Waals surface area contributed by atoms with Gasteiger partial charge in [0.2, 0.25) is 0 Å². The van der Waals surface area contributed by atoms with Crippen LogP contribution in [0.15, 0.2) is 77.9 Å². The number of rotatable bonds is 5. The smallest absolute Gasteiger partial charge is 0.310 e. The minimum atomic E-state index is -0.649. The van der Waals surface area contributed by atoms with E-state index in [1.165, 1.54) is 0 Å². The van der Waals surface area contributed by atoms with Gasteiger partial charge in [0, 0.05) is 18.1 Å². The molecule has 4 rings (SSSR count). The maximum atomic E-state index is 12.3. The van der Waals surface area contributed by atoms with Crippen LogP contribution in [0.5, 0.6) is 0 Å². The van der Waals surface area contributed by atoms with Gasteiger partial charge in [0.05, 0.1) is 17.3 Å². The first-order valence-corrected chi connectivity index (χ1v) is 9.01. The predicted molar refractivity (Wildman–Crippen MR) is 106 cm³/mol. The lowest BCUT2D eigenvalue weighted by Crippen LogP contribution is -2.18. The normalized spacial score (nSPS) is 12.0. The van der Waals surface area contributed by atoms with Crippen LogP contribution < -0.4 is 5.56 Å². The summed E-state index contributed by atoms with van der Waals surface area (Å²) in [6, 6.07) is 18.7. The summed E-state index contributed by atoms with van der Waals surface area (Å²) in [7, 11) is 0. The third-order valence-corrected chi connectivity index (χ3v) is 4.51. The van der Waals surface area contributed by atoms with Crippen LogP contribution in [0.25, 0.3) is 16.6 Å². The van der Waals surface area contributed by atoms with Crippen molar-refractivity contribution < 1.29 is 9.53 Å². The first-order valence-electron chi connectivity index (χ1n) is 9.01. The summed E-state index contributed by atoms with van der Waals surface area (Å²) in [5.41, 5.74) is 2.20. The van der Waals surface area contributed by atoms with Crippen molar-refractivity contribution >= 4 is 16.9 Å². The van der Waals surface area contributed by atoms with Crippen molar-refractivity contribution in [1.29, 1.82) is 0 Å². The van der Waals surface area contributed by atoms with Crippen LogP contribution in [0.4, 0.5) is 0 Å². The molecule has 0 spiro atoms. The Morgan fingerprint density at radius 1 is 1.07 bits per heavy atom. The second kappa shape index (κ2) is 7.52. The average Bonchev–Trinajstić information content (AvgIpc) is 3.23. The van der Waals surface area contributed by atoms with Crippen LogP contribution >= 0.6 is 0 Å². The maximum Gasteiger partial charge on any atom is 0.310 e. The SMILES string of the molecule is C[C@@H](OC(=O)Cc1ccc(-n2cccc2)cc1)c1nc2ccccc2c(=O)[nH]1. The molecular weight excluding hydrogens is 354 g/mol. The third kappa shape index (κ3) is 3.71. The standard InChI is InChI=1S/C22H19N3O3/c1-15(21-23-19-7-3-2-6-18(19)22(27)24-21)28-20(26)14-16-8-10-17(11-9-16)25-12-4-5-13-25/h2-13,15H,14H2,1H3,(H,23,24,27)/t15-/m1/s1. The molecule has 2 aromatic heterocycles. The number of aromatic nitrogens is 3. The zero-order valence-corrected chi connectivity index (χ0v) is 15.3. The van der Waals surface area contributed by atoms with Gasteiger partial charge in [-0.2, -0.15) is 0 Å². The molecule has 0 fully saturated rings. The van der Waals surface area contributed by atoms with Gasteiger partial charge in [-0.05, 0) is 48.9 Å². The summed E-state index contributed by atoms with van der Waals surface area (Å²) in [5, 5.41) is 0.507. The molecule has 1 atom stereocenters. The molecule has 1 N–H and O–H groups in total. The summed E-state index contributed by atoms with van der Waals surface area (Å²) < 4.78 is 7.46. The van der Waals surface area contributed by atoms with Gasteiger partial charge >= 0.3 is 5.97 Å². The summed E-state index contributed by atoms with van der Waals surface area (Å²) in [4.78, 5) is 31.6. The number of nitrogens with one attached hydrogen (secondary N) is 1. The topological polar surface area (TPSA) is 77.0 Å². The second-order valence-corrected chi connectivity index (χ2v) is 6.53. The fourth-order valence-corrected chi connectivity index (χ4v) is 3.05. The fraction of sp³-hybridized carbons (Fsp3) is 0.136. The van der Waals surface area contributed by atoms with E-state index < -0.39 is 6.10 Å². The minimum Gasteiger partial charge on any atom is -0.454 e. The second-order valence-electron chi connectivity index (χ2n) is 6.53. The molecule has 0 bridgehead atoms. The number of fused-ring (bicyclic) bond motifs is 1. The Labute approximate surface area is 161 Å². The van der Waals surface area contributed by atoms with E-state index in [0.29, 0.717) is 16.7 Å². The van der Waals surface area contributed by atoms with Crippen LogP contribution in [0, 0.1) is 0 Å². The number of hydrogen-bond acceptors (Lipinski definition) is 4. The third-order valence-electron chi connectivity index (χ3n) is 4.51. The number of hydrogen-bond donors (Lipinski definition) is 1. The first kappa shape index (κ1) is 17.7. The Hall–Kier alpha value is -3.67. The highest BCUT2D eigenvalue weighted by Gasteiger charge is 2.16. The van der Waals surface area contributed by atoms with Crippen LogP contribution in [0.3, 0.4) is 0 Å². The Bertz CT molecular complexity index is 1160. The van der Waals surface area contributed by atoms with Crippen LogP contribution in [-0.4, -0.2) is 20.5 Å². The van der Waals surface area contributed by atoms with Crippen LogP contribution in [0.2, 0.25) is 0 Å². The zero-order chi connectivity index (χ0) is 19.5. The molecule has 6 nitrogen and oxygen atoms in total. The molecule has 0 saturated carbocycles. The highest BCUT2D eigenvalue weighted by Crippen LogP contribution is 2.16. The Morgan fingerprint density at radius 2 is 1.79 bits per heavy atom. The molecule has 0 amide bonds. The van der Waals surface area contributed by atoms with E-state index in [0.717, 1.165) is 11.3 Å². The lowest BCUT2D eigenvalue weighted by molar-refractivity contribution is -0.148. The quantitative estimate of drug-likeness (QED) is 0.543. The number of carbonyl (C=O) groups is 1. The van der Waals surface area contributed by atoms with E-state index in [2.05, 4.69) is 9.97 Å². The lowest BCUT2D eigenvalue weighted by Gasteiger charge is -2.13. The van der Waals surface area contributed by atoms with Gasteiger partial charge in [-0.1, -0.05) is 24.3 Å². The Balaban J connectivity index is 1.44. The zero-order valence-electron chi connectivity index (χ0n) is 15.3. The highest BCUT2D eigenvalue weighted by atomic mass is 16.5. The molecule has 0 radical (unpaired) electrons. The maximum absolute atomic E-state index is 12.3. The molecule has 140 valence electrons. The lowest BCUT2D eigenvalue weighted by atomic mass is 10.1. The number of carbonyl (C=O) groups excluding carboxylic acids is 1. The Morgan fingerprint density at radius 3 is 2.54 bits per heavy atom. The van der Waals surface area contributed by atoms with Crippen molar-refractivity contribution in [2.75, 3.05) is 0 Å². The van der Waals surface area contributed by atoms with Crippen molar-refractivity contribution in [3.05, 3.63) is 94.8 Å². The van der Waals surface area contributed by atoms with Gasteiger partial charge in [0.15, 0.2) is 11.9 Å². The van der Waals surface area contributed by atoms with Crippen molar-refractivity contribution in [2.45, 2.75) is 19.4 Å². The Kier molecular flexibility index (Phi) is 4.76. The largest absolute Gasteiger partial charge is 0.454 e. The van der Waals surface area contributed by atoms with Crippen molar-refractivity contribution in [3.63, 3.8) is 0 Å². The van der Waals surface area contributed by atoms with E-state index in [9.17, 15) is 9.59 Å². The molecule has 28 heavy (non-hydrogen) atoms. The van der Waals surface area contributed by atoms with Gasteiger partial charge in [-0.3, -0.25) is 9.59 Å². The minimum absolute atomic E-state index is 0.147. The number of H-pyrrole nitrogens is 1. The van der Waals surface area contributed by atoms with E-state index in [4.69, 9.17) is 4.74 Å². The molecule has 0 saturated heterocycles. The molecule has 6 heteroatoms. The van der Waals surface area contributed by atoms with Gasteiger partial charge in [-0.25, -0.2) is 4.98 Å². The molecule has 2 aromatic carbocycles. The molecule has 0 unspecified atom stereocenters. The highest BCUT2D eigenvalue weighted by molar-refractivity contribution is 5.77. The van der Waals surface area contributed by atoms with E-state index >= 15 is 0 Å². The van der Waals surface area contributed by atoms with Crippen molar-refractivity contribution in [1.82, 2.24) is 14.5 Å². The summed E-state index contributed by atoms with van der Waals surface area (Å²) >= 11 is 0. The average molecular weight is 373 g/mol. The molecular formula is C22H19N3O3. The van der Waals surface area contributed by atoms with Gasteiger partial charge in [0.25, 0.3) is 5.56 Å². The molecule has 0 aliphatic carbocycles. The predicted octanol–water partition coefficient (Wildman–Crippen LogP) is 3.56. The van der Waals surface area contributed by atoms with E-state index in [1.807, 2.05) is 59.4 Å². The van der Waals surface area contributed by atoms with Gasteiger partial charge < -0.3 is 14.3 Å². The van der Waals surface area contributed by atoms with Gasteiger partial charge in [0.1, 0.15) is 0 Å². The number of ether oxygens (including phenoxy) is 1. The van der Waals surface area contributed by atoms with Crippen molar-refractivity contribution in [2.24, 2.45) is 0 Å². The van der Waals surface area contributed by atoms with Gasteiger partial charge in [-0.15, -0.1) is 0 Å². The summed E-state index contributed by atoms with van der Waals surface area (Å²) in [5.74, 6) is -0.0444. The van der Waals surface area contributed by atoms with E-state index in [-0.39, 0.29) is 17.9 Å². The van der Waals surface area contributed by atoms with E-state index in [1.54, 1.807) is 25.1 Å². The number of benzene rings is 2.